The lowest BCUT2D eigenvalue weighted by molar-refractivity contribution is 0.0946. The monoisotopic (exact) mass is 375 g/mol. The van der Waals surface area contributed by atoms with Crippen LogP contribution in [-0.4, -0.2) is 36.9 Å². The maximum atomic E-state index is 12.1. The van der Waals surface area contributed by atoms with E-state index in [1.807, 2.05) is 6.92 Å². The number of rotatable bonds is 7. The molecule has 138 valence electrons. The van der Waals surface area contributed by atoms with Gasteiger partial charge in [0.25, 0.3) is 5.91 Å². The van der Waals surface area contributed by atoms with Crippen LogP contribution in [-0.2, 0) is 16.4 Å². The lowest BCUT2D eigenvalue weighted by atomic mass is 10.1. The molecule has 26 heavy (non-hydrogen) atoms. The molecule has 0 saturated heterocycles. The summed E-state index contributed by atoms with van der Waals surface area (Å²) in [6, 6.07) is 8.33. The smallest absolute Gasteiger partial charge is 0.270 e. The van der Waals surface area contributed by atoms with E-state index in [2.05, 4.69) is 20.6 Å². The summed E-state index contributed by atoms with van der Waals surface area (Å²) < 4.78 is 22.5. The largest absolute Gasteiger partial charge is 0.354 e. The average molecular weight is 375 g/mol. The Balaban J connectivity index is 1.59. The van der Waals surface area contributed by atoms with E-state index in [1.54, 1.807) is 18.2 Å². The van der Waals surface area contributed by atoms with E-state index in [0.29, 0.717) is 30.3 Å². The van der Waals surface area contributed by atoms with Crippen LogP contribution in [0.4, 0.5) is 5.95 Å². The van der Waals surface area contributed by atoms with E-state index < -0.39 is 10.0 Å². The van der Waals surface area contributed by atoms with Gasteiger partial charge in [0, 0.05) is 18.3 Å². The Morgan fingerprint density at radius 2 is 1.92 bits per heavy atom. The van der Waals surface area contributed by atoms with E-state index in [4.69, 9.17) is 5.14 Å². The molecule has 0 atom stereocenters. The van der Waals surface area contributed by atoms with Gasteiger partial charge in [0.2, 0.25) is 16.0 Å². The molecule has 1 aromatic carbocycles. The molecule has 1 heterocycles. The lowest BCUT2D eigenvalue weighted by Gasteiger charge is -2.09. The first kappa shape index (κ1) is 18.3. The standard InChI is InChI=1S/C17H21N5O3S/c1-11-10-15(16(23)21-13-4-5-13)22-17(20-11)19-9-8-12-2-6-14(7-3-12)26(18,24)25/h2-3,6-7,10,13H,4-5,8-9H2,1H3,(H,21,23)(H2,18,24,25)(H,19,20,22). The van der Waals surface area contributed by atoms with Crippen molar-refractivity contribution in [2.75, 3.05) is 11.9 Å². The minimum absolute atomic E-state index is 0.0857. The molecular formula is C17H21N5O3S. The first-order valence-corrected chi connectivity index (χ1v) is 9.88. The van der Waals surface area contributed by atoms with Gasteiger partial charge >= 0.3 is 0 Å². The highest BCUT2D eigenvalue weighted by atomic mass is 32.2. The number of nitrogens with two attached hydrogens (primary N) is 1. The molecule has 0 aliphatic heterocycles. The number of aromatic nitrogens is 2. The van der Waals surface area contributed by atoms with Gasteiger partial charge in [0.15, 0.2) is 0 Å². The topological polar surface area (TPSA) is 127 Å². The predicted molar refractivity (Wildman–Crippen MR) is 97.3 cm³/mol. The average Bonchev–Trinajstić information content (AvgIpc) is 3.38. The second kappa shape index (κ2) is 7.38. The molecule has 3 rings (SSSR count). The number of hydrogen-bond acceptors (Lipinski definition) is 6. The van der Waals surface area contributed by atoms with E-state index >= 15 is 0 Å². The molecule has 1 saturated carbocycles. The molecular weight excluding hydrogens is 354 g/mol. The summed E-state index contributed by atoms with van der Waals surface area (Å²) in [6.45, 7) is 2.36. The summed E-state index contributed by atoms with van der Waals surface area (Å²) in [4.78, 5) is 20.8. The summed E-state index contributed by atoms with van der Waals surface area (Å²) in [6.07, 6.45) is 2.68. The SMILES string of the molecule is Cc1cc(C(=O)NC2CC2)nc(NCCc2ccc(S(N)(=O)=O)cc2)n1. The molecule has 1 aromatic heterocycles. The zero-order valence-electron chi connectivity index (χ0n) is 14.4. The van der Waals surface area contributed by atoms with E-state index in [0.717, 1.165) is 18.4 Å². The molecule has 2 aromatic rings. The first-order valence-electron chi connectivity index (χ1n) is 8.33. The Morgan fingerprint density at radius 1 is 1.23 bits per heavy atom. The fourth-order valence-electron chi connectivity index (χ4n) is 2.42. The van der Waals surface area contributed by atoms with Gasteiger partial charge in [-0.1, -0.05) is 12.1 Å². The number of nitrogens with zero attached hydrogens (tertiary/aromatic N) is 2. The molecule has 0 unspecified atom stereocenters. The summed E-state index contributed by atoms with van der Waals surface area (Å²) >= 11 is 0. The van der Waals surface area contributed by atoms with Gasteiger partial charge in [-0.2, -0.15) is 0 Å². The van der Waals surface area contributed by atoms with Gasteiger partial charge in [-0.05, 0) is 49.9 Å². The Labute approximate surface area is 152 Å². The van der Waals surface area contributed by atoms with Gasteiger partial charge in [0.1, 0.15) is 5.69 Å². The van der Waals surface area contributed by atoms with E-state index in [1.165, 1.54) is 12.1 Å². The van der Waals surface area contributed by atoms with Crippen molar-refractivity contribution in [3.63, 3.8) is 0 Å². The number of aryl methyl sites for hydroxylation is 1. The summed E-state index contributed by atoms with van der Waals surface area (Å²) in [5.74, 6) is 0.215. The Kier molecular flexibility index (Phi) is 5.19. The van der Waals surface area contributed by atoms with Crippen LogP contribution in [0.5, 0.6) is 0 Å². The van der Waals surface area contributed by atoms with Crippen LogP contribution < -0.4 is 15.8 Å². The number of benzene rings is 1. The molecule has 0 spiro atoms. The molecule has 9 heteroatoms. The zero-order valence-corrected chi connectivity index (χ0v) is 15.2. The van der Waals surface area contributed by atoms with Crippen molar-refractivity contribution in [1.82, 2.24) is 15.3 Å². The van der Waals surface area contributed by atoms with Crippen LogP contribution in [0.2, 0.25) is 0 Å². The number of anilines is 1. The minimum Gasteiger partial charge on any atom is -0.354 e. The summed E-state index contributed by atoms with van der Waals surface area (Å²) in [5, 5.41) is 11.1. The second-order valence-corrected chi connectivity index (χ2v) is 7.89. The third-order valence-corrected chi connectivity index (χ3v) is 4.88. The minimum atomic E-state index is -3.68. The fraction of sp³-hybridized carbons (Fsp3) is 0.353. The van der Waals surface area contributed by atoms with Gasteiger partial charge in [0.05, 0.1) is 4.90 Å². The molecule has 4 N–H and O–H groups in total. The van der Waals surface area contributed by atoms with Crippen LogP contribution in [0, 0.1) is 6.92 Å². The Hall–Kier alpha value is -2.52. The molecule has 1 aliphatic rings. The number of nitrogens with one attached hydrogen (secondary N) is 2. The Morgan fingerprint density at radius 3 is 2.54 bits per heavy atom. The number of hydrogen-bond donors (Lipinski definition) is 3. The van der Waals surface area contributed by atoms with Crippen LogP contribution in [0.1, 0.15) is 34.6 Å². The fourth-order valence-corrected chi connectivity index (χ4v) is 2.93. The molecule has 1 aliphatic carbocycles. The highest BCUT2D eigenvalue weighted by molar-refractivity contribution is 7.89. The molecule has 0 radical (unpaired) electrons. The highest BCUT2D eigenvalue weighted by Crippen LogP contribution is 2.19. The van der Waals surface area contributed by atoms with Gasteiger partial charge in [-0.25, -0.2) is 23.5 Å². The van der Waals surface area contributed by atoms with Crippen LogP contribution in [0.25, 0.3) is 0 Å². The van der Waals surface area contributed by atoms with Crippen LogP contribution in [0.3, 0.4) is 0 Å². The number of primary sulfonamides is 1. The van der Waals surface area contributed by atoms with Crippen molar-refractivity contribution in [2.24, 2.45) is 5.14 Å². The maximum absolute atomic E-state index is 12.1. The van der Waals surface area contributed by atoms with Crippen molar-refractivity contribution in [2.45, 2.75) is 37.1 Å². The summed E-state index contributed by atoms with van der Waals surface area (Å²) in [7, 11) is -3.68. The maximum Gasteiger partial charge on any atom is 0.270 e. The van der Waals surface area contributed by atoms with Crippen molar-refractivity contribution < 1.29 is 13.2 Å². The molecule has 0 bridgehead atoms. The van der Waals surface area contributed by atoms with Crippen molar-refractivity contribution in [1.29, 1.82) is 0 Å². The van der Waals surface area contributed by atoms with Crippen LogP contribution in [0.15, 0.2) is 35.2 Å². The van der Waals surface area contributed by atoms with Crippen molar-refractivity contribution >= 4 is 21.9 Å². The Bertz CT molecular complexity index is 908. The van der Waals surface area contributed by atoms with Crippen molar-refractivity contribution in [3.8, 4) is 0 Å². The van der Waals surface area contributed by atoms with Gasteiger partial charge < -0.3 is 10.6 Å². The van der Waals surface area contributed by atoms with Crippen LogP contribution >= 0.6 is 0 Å². The normalized spacial score (nSPS) is 14.1. The third-order valence-electron chi connectivity index (χ3n) is 3.95. The first-order chi connectivity index (χ1) is 12.3. The van der Waals surface area contributed by atoms with E-state index in [9.17, 15) is 13.2 Å². The quantitative estimate of drug-likeness (QED) is 0.662. The number of amides is 1. The number of carbonyl (C=O) groups is 1. The van der Waals surface area contributed by atoms with Crippen molar-refractivity contribution in [3.05, 3.63) is 47.3 Å². The molecule has 1 amide bonds. The number of sulfonamides is 1. The molecule has 1 fully saturated rings. The van der Waals surface area contributed by atoms with E-state index in [-0.39, 0.29) is 16.8 Å². The predicted octanol–water partition coefficient (Wildman–Crippen LogP) is 0.979. The third kappa shape index (κ3) is 4.99. The second-order valence-electron chi connectivity index (χ2n) is 6.33. The summed E-state index contributed by atoms with van der Waals surface area (Å²) in [5.41, 5.74) is 2.01. The molecule has 8 nitrogen and oxygen atoms in total. The van der Waals surface area contributed by atoms with Gasteiger partial charge in [-0.3, -0.25) is 4.79 Å². The highest BCUT2D eigenvalue weighted by Gasteiger charge is 2.24. The lowest BCUT2D eigenvalue weighted by Crippen LogP contribution is -2.27. The van der Waals surface area contributed by atoms with Gasteiger partial charge in [-0.15, -0.1) is 0 Å². The number of carbonyl (C=O) groups excluding carboxylic acids is 1. The zero-order chi connectivity index (χ0) is 18.7.